The molecule has 1 heterocycles. The highest BCUT2D eigenvalue weighted by Gasteiger charge is 2.13. The third-order valence-electron chi connectivity index (χ3n) is 2.76. The molecule has 1 unspecified atom stereocenters. The lowest BCUT2D eigenvalue weighted by Gasteiger charge is -2.18. The first-order valence-corrected chi connectivity index (χ1v) is 6.68. The summed E-state index contributed by atoms with van der Waals surface area (Å²) >= 11 is 3.32. The van der Waals surface area contributed by atoms with Gasteiger partial charge in [0.2, 0.25) is 0 Å². The average Bonchev–Trinajstić information content (AvgIpc) is 2.80. The van der Waals surface area contributed by atoms with E-state index in [1.54, 1.807) is 18.6 Å². The first-order valence-electron chi connectivity index (χ1n) is 5.89. The Morgan fingerprint density at radius 1 is 1.39 bits per heavy atom. The van der Waals surface area contributed by atoms with Crippen molar-refractivity contribution in [3.63, 3.8) is 0 Å². The topological polar surface area (TPSA) is 25.2 Å². The van der Waals surface area contributed by atoms with Crippen LogP contribution in [0.15, 0.2) is 45.7 Å². The first kappa shape index (κ1) is 13.3. The Morgan fingerprint density at radius 3 is 2.83 bits per heavy atom. The smallest absolute Gasteiger partial charge is 0.124 e. The Balaban J connectivity index is 2.23. The van der Waals surface area contributed by atoms with E-state index < -0.39 is 0 Å². The van der Waals surface area contributed by atoms with E-state index in [2.05, 4.69) is 21.2 Å². The molecule has 0 aliphatic rings. The molecule has 1 aromatic heterocycles. The summed E-state index contributed by atoms with van der Waals surface area (Å²) in [5.74, 6) is -0.227. The van der Waals surface area contributed by atoms with Crippen LogP contribution in [0, 0.1) is 5.82 Å². The van der Waals surface area contributed by atoms with Crippen LogP contribution in [-0.2, 0) is 6.42 Å². The highest BCUT2D eigenvalue weighted by molar-refractivity contribution is 9.10. The van der Waals surface area contributed by atoms with Crippen LogP contribution in [0.5, 0.6) is 0 Å². The maximum atomic E-state index is 13.4. The van der Waals surface area contributed by atoms with Crippen molar-refractivity contribution in [3.8, 4) is 0 Å². The number of halogens is 2. The third kappa shape index (κ3) is 3.43. The molecule has 0 radical (unpaired) electrons. The molecular formula is C14H15BrFNO. The second-order valence-corrected chi connectivity index (χ2v) is 5.06. The number of furan rings is 1. The molecule has 0 spiro atoms. The van der Waals surface area contributed by atoms with Gasteiger partial charge in [-0.2, -0.15) is 0 Å². The highest BCUT2D eigenvalue weighted by Crippen LogP contribution is 2.23. The summed E-state index contributed by atoms with van der Waals surface area (Å²) in [6.45, 7) is 2.87. The number of nitrogens with one attached hydrogen (secondary N) is 1. The Kier molecular flexibility index (Phi) is 4.55. The molecule has 1 N–H and O–H groups in total. The van der Waals surface area contributed by atoms with Gasteiger partial charge in [-0.25, -0.2) is 4.39 Å². The number of rotatable bonds is 5. The lowest BCUT2D eigenvalue weighted by atomic mass is 10.0. The van der Waals surface area contributed by atoms with Crippen LogP contribution in [0.4, 0.5) is 4.39 Å². The fraction of sp³-hybridized carbons (Fsp3) is 0.286. The van der Waals surface area contributed by atoms with E-state index in [0.717, 1.165) is 28.6 Å². The lowest BCUT2D eigenvalue weighted by Crippen LogP contribution is -2.23. The van der Waals surface area contributed by atoms with Crippen LogP contribution >= 0.6 is 15.9 Å². The molecule has 2 nitrogen and oxygen atoms in total. The number of hydrogen-bond donors (Lipinski definition) is 1. The minimum Gasteiger partial charge on any atom is -0.472 e. The molecule has 18 heavy (non-hydrogen) atoms. The standard InChI is InChI=1S/C14H15BrFNO/c1-2-17-14(5-10-3-4-18-9-10)11-6-12(15)8-13(16)7-11/h3-4,6-9,14,17H,2,5H2,1H3. The highest BCUT2D eigenvalue weighted by atomic mass is 79.9. The van der Waals surface area contributed by atoms with E-state index in [4.69, 9.17) is 4.42 Å². The summed E-state index contributed by atoms with van der Waals surface area (Å²) in [6.07, 6.45) is 4.15. The minimum absolute atomic E-state index is 0.0830. The van der Waals surface area contributed by atoms with Crippen molar-refractivity contribution in [1.82, 2.24) is 5.32 Å². The van der Waals surface area contributed by atoms with E-state index in [9.17, 15) is 4.39 Å². The number of benzene rings is 1. The molecule has 0 aliphatic heterocycles. The summed E-state index contributed by atoms with van der Waals surface area (Å²) in [7, 11) is 0. The van der Waals surface area contributed by atoms with E-state index in [0.29, 0.717) is 0 Å². The zero-order valence-electron chi connectivity index (χ0n) is 10.1. The monoisotopic (exact) mass is 311 g/mol. The van der Waals surface area contributed by atoms with E-state index in [1.807, 2.05) is 19.1 Å². The average molecular weight is 312 g/mol. The van der Waals surface area contributed by atoms with Crippen LogP contribution in [0.1, 0.15) is 24.1 Å². The Bertz CT molecular complexity index is 478. The van der Waals surface area contributed by atoms with Crippen LogP contribution in [0.2, 0.25) is 0 Å². The van der Waals surface area contributed by atoms with Gasteiger partial charge in [0.05, 0.1) is 12.5 Å². The largest absolute Gasteiger partial charge is 0.472 e. The molecule has 0 amide bonds. The summed E-state index contributed by atoms with van der Waals surface area (Å²) < 4.78 is 19.3. The van der Waals surface area contributed by atoms with Gasteiger partial charge in [0.1, 0.15) is 5.82 Å². The summed E-state index contributed by atoms with van der Waals surface area (Å²) in [5.41, 5.74) is 2.03. The maximum absolute atomic E-state index is 13.4. The van der Waals surface area contributed by atoms with Gasteiger partial charge in [-0.05, 0) is 48.4 Å². The molecule has 0 bridgehead atoms. The van der Waals surface area contributed by atoms with Crippen molar-refractivity contribution in [2.24, 2.45) is 0 Å². The molecule has 4 heteroatoms. The van der Waals surface area contributed by atoms with Crippen molar-refractivity contribution in [2.45, 2.75) is 19.4 Å². The molecule has 0 aliphatic carbocycles. The van der Waals surface area contributed by atoms with E-state index >= 15 is 0 Å². The third-order valence-corrected chi connectivity index (χ3v) is 3.22. The predicted molar refractivity (Wildman–Crippen MR) is 72.9 cm³/mol. The van der Waals surface area contributed by atoms with Gasteiger partial charge in [0, 0.05) is 10.5 Å². The molecule has 2 aromatic rings. The van der Waals surface area contributed by atoms with E-state index in [-0.39, 0.29) is 11.9 Å². The van der Waals surface area contributed by atoms with E-state index in [1.165, 1.54) is 6.07 Å². The number of likely N-dealkylation sites (N-methyl/N-ethyl adjacent to an activating group) is 1. The second kappa shape index (κ2) is 6.16. The number of hydrogen-bond acceptors (Lipinski definition) is 2. The fourth-order valence-corrected chi connectivity index (χ4v) is 2.46. The molecule has 0 saturated heterocycles. The van der Waals surface area contributed by atoms with Gasteiger partial charge >= 0.3 is 0 Å². The van der Waals surface area contributed by atoms with Crippen molar-refractivity contribution in [3.05, 3.63) is 58.2 Å². The van der Waals surface area contributed by atoms with Crippen LogP contribution in [0.3, 0.4) is 0 Å². The van der Waals surface area contributed by atoms with Crippen molar-refractivity contribution < 1.29 is 8.81 Å². The minimum atomic E-state index is -0.227. The van der Waals surface area contributed by atoms with Gasteiger partial charge < -0.3 is 9.73 Å². The van der Waals surface area contributed by atoms with Crippen molar-refractivity contribution in [1.29, 1.82) is 0 Å². The maximum Gasteiger partial charge on any atom is 0.124 e. The fourth-order valence-electron chi connectivity index (χ4n) is 1.98. The molecule has 0 fully saturated rings. The molecule has 1 atom stereocenters. The van der Waals surface area contributed by atoms with Gasteiger partial charge in [-0.3, -0.25) is 0 Å². The zero-order valence-corrected chi connectivity index (χ0v) is 11.7. The van der Waals surface area contributed by atoms with Gasteiger partial charge in [0.15, 0.2) is 0 Å². The summed E-state index contributed by atoms with van der Waals surface area (Å²) in [4.78, 5) is 0. The van der Waals surface area contributed by atoms with Crippen molar-refractivity contribution in [2.75, 3.05) is 6.54 Å². The summed E-state index contributed by atoms with van der Waals surface area (Å²) in [5, 5.41) is 3.36. The SMILES string of the molecule is CCNC(Cc1ccoc1)c1cc(F)cc(Br)c1. The molecule has 0 saturated carbocycles. The quantitative estimate of drug-likeness (QED) is 0.900. The van der Waals surface area contributed by atoms with Gasteiger partial charge in [0.25, 0.3) is 0 Å². The second-order valence-electron chi connectivity index (χ2n) is 4.15. The molecule has 2 rings (SSSR count). The summed E-state index contributed by atoms with van der Waals surface area (Å²) in [6, 6.07) is 6.98. The Labute approximate surface area is 114 Å². The Hall–Kier alpha value is -1.13. The van der Waals surface area contributed by atoms with Crippen molar-refractivity contribution >= 4 is 15.9 Å². The van der Waals surface area contributed by atoms with Gasteiger partial charge in [-0.1, -0.05) is 22.9 Å². The van der Waals surface area contributed by atoms with Gasteiger partial charge in [-0.15, -0.1) is 0 Å². The normalized spacial score (nSPS) is 12.6. The van der Waals surface area contributed by atoms with Crippen LogP contribution in [-0.4, -0.2) is 6.54 Å². The molecular weight excluding hydrogens is 297 g/mol. The first-order chi connectivity index (χ1) is 8.69. The zero-order chi connectivity index (χ0) is 13.0. The van der Waals surface area contributed by atoms with Crippen LogP contribution in [0.25, 0.3) is 0 Å². The molecule has 96 valence electrons. The molecule has 1 aromatic carbocycles. The Morgan fingerprint density at radius 2 is 2.22 bits per heavy atom. The lowest BCUT2D eigenvalue weighted by molar-refractivity contribution is 0.530. The van der Waals surface area contributed by atoms with Crippen LogP contribution < -0.4 is 5.32 Å². The predicted octanol–water partition coefficient (Wildman–Crippen LogP) is 4.07.